The number of fused-ring (bicyclic) bond motifs is 1. The van der Waals surface area contributed by atoms with Gasteiger partial charge in [0, 0.05) is 12.8 Å². The van der Waals surface area contributed by atoms with Gasteiger partial charge in [-0.05, 0) is 36.1 Å². The van der Waals surface area contributed by atoms with Gasteiger partial charge in [-0.2, -0.15) is 0 Å². The highest BCUT2D eigenvalue weighted by Gasteiger charge is 2.18. The van der Waals surface area contributed by atoms with Crippen LogP contribution in [0.25, 0.3) is 0 Å². The fourth-order valence-corrected chi connectivity index (χ4v) is 1.85. The van der Waals surface area contributed by atoms with E-state index in [0.717, 1.165) is 16.7 Å². The molecular formula is C11H11FO. The second-order valence-electron chi connectivity index (χ2n) is 3.60. The molecule has 0 atom stereocenters. The molecule has 1 aliphatic carbocycles. The third-order valence-electron chi connectivity index (χ3n) is 2.47. The minimum absolute atomic E-state index is 0.150. The van der Waals surface area contributed by atoms with E-state index in [-0.39, 0.29) is 11.6 Å². The van der Waals surface area contributed by atoms with Crippen LogP contribution in [0.5, 0.6) is 0 Å². The van der Waals surface area contributed by atoms with Crippen molar-refractivity contribution in [2.75, 3.05) is 0 Å². The molecule has 1 aromatic rings. The topological polar surface area (TPSA) is 17.1 Å². The van der Waals surface area contributed by atoms with E-state index in [0.29, 0.717) is 19.3 Å². The van der Waals surface area contributed by atoms with E-state index in [2.05, 4.69) is 0 Å². The van der Waals surface area contributed by atoms with Crippen LogP contribution in [-0.4, -0.2) is 5.78 Å². The number of benzene rings is 1. The summed E-state index contributed by atoms with van der Waals surface area (Å²) < 4.78 is 13.3. The van der Waals surface area contributed by atoms with Crippen LogP contribution in [0.1, 0.15) is 23.1 Å². The molecule has 0 spiro atoms. The molecule has 0 heterocycles. The number of halogens is 1. The van der Waals surface area contributed by atoms with Crippen LogP contribution >= 0.6 is 0 Å². The van der Waals surface area contributed by atoms with Gasteiger partial charge in [-0.3, -0.25) is 4.79 Å². The van der Waals surface area contributed by atoms with Crippen LogP contribution in [0.4, 0.5) is 4.39 Å². The highest BCUT2D eigenvalue weighted by Crippen LogP contribution is 2.23. The lowest BCUT2D eigenvalue weighted by molar-refractivity contribution is -0.118. The van der Waals surface area contributed by atoms with Crippen molar-refractivity contribution < 1.29 is 9.18 Å². The number of ketones is 1. The molecule has 0 saturated heterocycles. The first-order valence-corrected chi connectivity index (χ1v) is 4.46. The molecule has 0 saturated carbocycles. The normalized spacial score (nSPS) is 15.7. The number of carbonyl (C=O) groups excluding carboxylic acids is 1. The van der Waals surface area contributed by atoms with E-state index < -0.39 is 0 Å². The number of hydrogen-bond donors (Lipinski definition) is 0. The maximum Gasteiger partial charge on any atom is 0.137 e. The molecule has 0 unspecified atom stereocenters. The molecule has 1 nitrogen and oxygen atoms in total. The Bertz CT molecular complexity index is 369. The second-order valence-corrected chi connectivity index (χ2v) is 3.60. The maximum absolute atomic E-state index is 13.3. The fraction of sp³-hybridized carbons (Fsp3) is 0.364. The van der Waals surface area contributed by atoms with E-state index in [4.69, 9.17) is 0 Å². The molecular weight excluding hydrogens is 167 g/mol. The summed E-state index contributed by atoms with van der Waals surface area (Å²) in [4.78, 5) is 11.1. The number of hydrogen-bond acceptors (Lipinski definition) is 1. The zero-order chi connectivity index (χ0) is 9.42. The lowest BCUT2D eigenvalue weighted by atomic mass is 9.89. The minimum Gasteiger partial charge on any atom is -0.299 e. The predicted octanol–water partition coefficient (Wildman–Crippen LogP) is 2.19. The molecule has 0 radical (unpaired) electrons. The van der Waals surface area contributed by atoms with Crippen LogP contribution in [0.2, 0.25) is 0 Å². The Balaban J connectivity index is 2.53. The third-order valence-corrected chi connectivity index (χ3v) is 2.47. The van der Waals surface area contributed by atoms with Gasteiger partial charge in [0.25, 0.3) is 0 Å². The van der Waals surface area contributed by atoms with Gasteiger partial charge in [0.2, 0.25) is 0 Å². The Morgan fingerprint density at radius 2 is 2.08 bits per heavy atom. The Labute approximate surface area is 76.6 Å². The minimum atomic E-state index is -0.150. The molecule has 0 bridgehead atoms. The second kappa shape index (κ2) is 2.95. The van der Waals surface area contributed by atoms with Gasteiger partial charge in [-0.25, -0.2) is 4.39 Å². The lowest BCUT2D eigenvalue weighted by Crippen LogP contribution is -2.14. The molecule has 2 rings (SSSR count). The van der Waals surface area contributed by atoms with Crippen molar-refractivity contribution >= 4 is 5.78 Å². The average Bonchev–Trinajstić information content (AvgIpc) is 2.02. The average molecular weight is 178 g/mol. The Hall–Kier alpha value is -1.18. The predicted molar refractivity (Wildman–Crippen MR) is 48.2 cm³/mol. The molecule has 0 N–H and O–H groups in total. The first-order valence-electron chi connectivity index (χ1n) is 4.46. The Morgan fingerprint density at radius 3 is 2.85 bits per heavy atom. The van der Waals surface area contributed by atoms with E-state index >= 15 is 0 Å². The van der Waals surface area contributed by atoms with Crippen molar-refractivity contribution in [3.8, 4) is 0 Å². The van der Waals surface area contributed by atoms with E-state index in [9.17, 15) is 9.18 Å². The third kappa shape index (κ3) is 1.48. The van der Waals surface area contributed by atoms with Crippen LogP contribution in [0.3, 0.4) is 0 Å². The van der Waals surface area contributed by atoms with Crippen molar-refractivity contribution in [3.05, 3.63) is 34.6 Å². The quantitative estimate of drug-likeness (QED) is 0.595. The summed E-state index contributed by atoms with van der Waals surface area (Å²) in [6.45, 7) is 1.85. The molecule has 0 fully saturated rings. The number of carbonyl (C=O) groups is 1. The van der Waals surface area contributed by atoms with Gasteiger partial charge in [-0.1, -0.05) is 6.07 Å². The smallest absolute Gasteiger partial charge is 0.137 e. The zero-order valence-electron chi connectivity index (χ0n) is 7.56. The van der Waals surface area contributed by atoms with Crippen LogP contribution in [0, 0.1) is 12.7 Å². The van der Waals surface area contributed by atoms with Crippen molar-refractivity contribution in [2.45, 2.75) is 26.2 Å². The van der Waals surface area contributed by atoms with E-state index in [1.807, 2.05) is 13.0 Å². The lowest BCUT2D eigenvalue weighted by Gasteiger charge is -2.15. The van der Waals surface area contributed by atoms with Crippen molar-refractivity contribution in [1.82, 2.24) is 0 Å². The highest BCUT2D eigenvalue weighted by molar-refractivity contribution is 5.83. The van der Waals surface area contributed by atoms with Gasteiger partial charge in [0.1, 0.15) is 11.6 Å². The van der Waals surface area contributed by atoms with Crippen molar-refractivity contribution in [1.29, 1.82) is 0 Å². The summed E-state index contributed by atoms with van der Waals surface area (Å²) in [6.07, 6.45) is 1.47. The molecule has 0 aromatic heterocycles. The number of Topliss-reactive ketones (excluding diaryl/α,β-unsaturated/α-hetero) is 1. The van der Waals surface area contributed by atoms with E-state index in [1.54, 1.807) is 0 Å². The van der Waals surface area contributed by atoms with Gasteiger partial charge in [0.15, 0.2) is 0 Å². The van der Waals surface area contributed by atoms with Gasteiger partial charge < -0.3 is 0 Å². The molecule has 68 valence electrons. The van der Waals surface area contributed by atoms with Crippen molar-refractivity contribution in [2.24, 2.45) is 0 Å². The van der Waals surface area contributed by atoms with Gasteiger partial charge in [-0.15, -0.1) is 0 Å². The van der Waals surface area contributed by atoms with Gasteiger partial charge in [0.05, 0.1) is 0 Å². The molecule has 1 aromatic carbocycles. The number of aryl methyl sites for hydroxylation is 1. The summed E-state index contributed by atoms with van der Waals surface area (Å²) in [5, 5.41) is 0. The Morgan fingerprint density at radius 1 is 1.31 bits per heavy atom. The first kappa shape index (κ1) is 8.42. The van der Waals surface area contributed by atoms with E-state index in [1.165, 1.54) is 6.07 Å². The summed E-state index contributed by atoms with van der Waals surface area (Å²) in [5.74, 6) is 0.0694. The first-order chi connectivity index (χ1) is 6.16. The molecule has 0 aliphatic heterocycles. The Kier molecular flexibility index (Phi) is 1.91. The zero-order valence-corrected chi connectivity index (χ0v) is 7.56. The molecule has 1 aliphatic rings. The molecule has 0 amide bonds. The SMILES string of the molecule is Cc1cc(F)c2c(c1)CC(=O)CC2. The number of rotatable bonds is 0. The maximum atomic E-state index is 13.3. The molecule has 2 heteroatoms. The highest BCUT2D eigenvalue weighted by atomic mass is 19.1. The fourth-order valence-electron chi connectivity index (χ4n) is 1.85. The molecule has 13 heavy (non-hydrogen) atoms. The van der Waals surface area contributed by atoms with Crippen LogP contribution in [-0.2, 0) is 17.6 Å². The summed E-state index contributed by atoms with van der Waals surface area (Å²) in [6, 6.07) is 3.45. The largest absolute Gasteiger partial charge is 0.299 e. The standard InChI is InChI=1S/C11H11FO/c1-7-4-8-6-9(13)2-3-10(8)11(12)5-7/h4-5H,2-3,6H2,1H3. The monoisotopic (exact) mass is 178 g/mol. The van der Waals surface area contributed by atoms with Crippen molar-refractivity contribution in [3.63, 3.8) is 0 Å². The van der Waals surface area contributed by atoms with Crippen LogP contribution in [0.15, 0.2) is 12.1 Å². The summed E-state index contributed by atoms with van der Waals surface area (Å²) in [7, 11) is 0. The summed E-state index contributed by atoms with van der Waals surface area (Å²) in [5.41, 5.74) is 2.52. The van der Waals surface area contributed by atoms with Crippen LogP contribution < -0.4 is 0 Å². The summed E-state index contributed by atoms with van der Waals surface area (Å²) >= 11 is 0. The van der Waals surface area contributed by atoms with Gasteiger partial charge >= 0.3 is 0 Å².